The molecule has 0 aliphatic carbocycles. The molecule has 4 rings (SSSR count). The molecule has 2 N–H and O–H groups in total. The summed E-state index contributed by atoms with van der Waals surface area (Å²) in [6.45, 7) is 4.32. The van der Waals surface area contributed by atoms with Gasteiger partial charge in [0.25, 0.3) is 11.6 Å². The number of nitrogens with one attached hydrogen (secondary N) is 2. The molecule has 0 bridgehead atoms. The van der Waals surface area contributed by atoms with Gasteiger partial charge < -0.3 is 9.73 Å². The van der Waals surface area contributed by atoms with Crippen molar-refractivity contribution in [1.82, 2.24) is 10.3 Å². The van der Waals surface area contributed by atoms with Crippen molar-refractivity contribution in [2.75, 3.05) is 5.32 Å². The molecule has 8 nitrogen and oxygen atoms in total. The van der Waals surface area contributed by atoms with Gasteiger partial charge in [-0.1, -0.05) is 37.6 Å². The first kappa shape index (κ1) is 24.3. The van der Waals surface area contributed by atoms with Gasteiger partial charge in [-0.3, -0.25) is 20.2 Å². The van der Waals surface area contributed by atoms with Crippen molar-refractivity contribution in [3.05, 3.63) is 86.9 Å². The zero-order chi connectivity index (χ0) is 25.1. The number of thiocarbonyl (C=S) groups is 1. The molecule has 0 saturated carbocycles. The van der Waals surface area contributed by atoms with Crippen LogP contribution >= 0.6 is 23.8 Å². The van der Waals surface area contributed by atoms with Gasteiger partial charge >= 0.3 is 0 Å². The van der Waals surface area contributed by atoms with Gasteiger partial charge in [-0.05, 0) is 66.5 Å². The minimum absolute atomic E-state index is 0.0392. The maximum absolute atomic E-state index is 12.5. The zero-order valence-corrected chi connectivity index (χ0v) is 20.4. The van der Waals surface area contributed by atoms with E-state index in [0.717, 1.165) is 23.6 Å². The fourth-order valence-corrected chi connectivity index (χ4v) is 3.95. The Bertz CT molecular complexity index is 1450. The highest BCUT2D eigenvalue weighted by Crippen LogP contribution is 2.29. The van der Waals surface area contributed by atoms with E-state index in [1.165, 1.54) is 17.7 Å². The molecule has 35 heavy (non-hydrogen) atoms. The fourth-order valence-electron chi connectivity index (χ4n) is 3.47. The Balaban J connectivity index is 1.48. The minimum Gasteiger partial charge on any atom is -0.436 e. The van der Waals surface area contributed by atoms with Crippen LogP contribution in [0.25, 0.3) is 22.6 Å². The van der Waals surface area contributed by atoms with E-state index in [-0.39, 0.29) is 21.4 Å². The summed E-state index contributed by atoms with van der Waals surface area (Å²) in [6.07, 6.45) is 1.04. The quantitative estimate of drug-likeness (QED) is 0.169. The topological polar surface area (TPSA) is 110 Å². The van der Waals surface area contributed by atoms with Gasteiger partial charge in [0.2, 0.25) is 5.89 Å². The molecule has 4 aromatic rings. The molecule has 3 aromatic carbocycles. The van der Waals surface area contributed by atoms with Crippen LogP contribution in [0.1, 0.15) is 42.1 Å². The SMILES string of the molecule is CCC(C)c1ccc2oc(-c3cccc(NC(=S)NC(=O)c4ccc([N+](=O)[O-])cc4Cl)c3)nc2c1. The van der Waals surface area contributed by atoms with Crippen LogP contribution in [0.15, 0.2) is 65.1 Å². The molecular formula is C25H21ClN4O4S. The number of hydrogen-bond acceptors (Lipinski definition) is 6. The number of carbonyl (C=O) groups is 1. The van der Waals surface area contributed by atoms with Crippen molar-refractivity contribution in [2.45, 2.75) is 26.2 Å². The van der Waals surface area contributed by atoms with Gasteiger partial charge in [-0.25, -0.2) is 4.98 Å². The second kappa shape index (κ2) is 10.2. The number of oxazole rings is 1. The molecular weight excluding hydrogens is 488 g/mol. The van der Waals surface area contributed by atoms with E-state index in [1.54, 1.807) is 12.1 Å². The third-order valence-corrected chi connectivity index (χ3v) is 6.11. The molecule has 0 aliphatic rings. The number of halogens is 1. The highest BCUT2D eigenvalue weighted by Gasteiger charge is 2.16. The number of hydrogen-bond donors (Lipinski definition) is 2. The molecule has 178 valence electrons. The minimum atomic E-state index is -0.589. The highest BCUT2D eigenvalue weighted by atomic mass is 35.5. The van der Waals surface area contributed by atoms with Gasteiger partial charge in [-0.2, -0.15) is 0 Å². The Kier molecular flexibility index (Phi) is 7.09. The van der Waals surface area contributed by atoms with Gasteiger partial charge in [0.15, 0.2) is 10.7 Å². The summed E-state index contributed by atoms with van der Waals surface area (Å²) in [4.78, 5) is 27.4. The van der Waals surface area contributed by atoms with Crippen molar-refractivity contribution < 1.29 is 14.1 Å². The fraction of sp³-hybridized carbons (Fsp3) is 0.160. The molecule has 1 heterocycles. The van der Waals surface area contributed by atoms with Gasteiger partial charge in [0.05, 0.1) is 15.5 Å². The summed E-state index contributed by atoms with van der Waals surface area (Å²) < 4.78 is 5.94. The number of fused-ring (bicyclic) bond motifs is 1. The number of aromatic nitrogens is 1. The summed E-state index contributed by atoms with van der Waals surface area (Å²) >= 11 is 11.3. The Hall–Kier alpha value is -3.82. The first-order chi connectivity index (χ1) is 16.7. The molecule has 10 heteroatoms. The molecule has 0 aliphatic heterocycles. The first-order valence-corrected chi connectivity index (χ1v) is 11.6. The number of nitro benzene ring substituents is 1. The number of amides is 1. The lowest BCUT2D eigenvalue weighted by Gasteiger charge is -2.11. The van der Waals surface area contributed by atoms with E-state index < -0.39 is 10.8 Å². The van der Waals surface area contributed by atoms with Gasteiger partial charge in [-0.15, -0.1) is 0 Å². The normalized spacial score (nSPS) is 11.7. The molecule has 1 unspecified atom stereocenters. The predicted octanol–water partition coefficient (Wildman–Crippen LogP) is 6.70. The van der Waals surface area contributed by atoms with Crippen LogP contribution in [0.4, 0.5) is 11.4 Å². The van der Waals surface area contributed by atoms with E-state index in [4.69, 9.17) is 28.2 Å². The van der Waals surface area contributed by atoms with E-state index in [1.807, 2.05) is 24.3 Å². The lowest BCUT2D eigenvalue weighted by Crippen LogP contribution is -2.34. The largest absolute Gasteiger partial charge is 0.436 e. The Morgan fingerprint density at radius 3 is 2.71 bits per heavy atom. The Labute approximate surface area is 211 Å². The summed E-state index contributed by atoms with van der Waals surface area (Å²) in [5.41, 5.74) is 3.92. The Morgan fingerprint density at radius 1 is 1.20 bits per heavy atom. The van der Waals surface area contributed by atoms with Crippen LogP contribution < -0.4 is 10.6 Å². The number of nitro groups is 1. The van der Waals surface area contributed by atoms with Crippen LogP contribution in [-0.4, -0.2) is 20.9 Å². The van der Waals surface area contributed by atoms with E-state index in [0.29, 0.717) is 23.1 Å². The number of non-ortho nitro benzene ring substituents is 1. The van der Waals surface area contributed by atoms with Crippen molar-refractivity contribution in [3.8, 4) is 11.5 Å². The predicted molar refractivity (Wildman–Crippen MR) is 140 cm³/mol. The molecule has 1 amide bonds. The van der Waals surface area contributed by atoms with Crippen LogP contribution in [-0.2, 0) is 0 Å². The maximum atomic E-state index is 12.5. The van der Waals surface area contributed by atoms with Crippen LogP contribution in [0.5, 0.6) is 0 Å². The number of rotatable bonds is 6. The summed E-state index contributed by atoms with van der Waals surface area (Å²) in [5.74, 6) is 0.316. The maximum Gasteiger partial charge on any atom is 0.270 e. The average molecular weight is 509 g/mol. The van der Waals surface area contributed by atoms with Crippen molar-refractivity contribution in [2.24, 2.45) is 0 Å². The third kappa shape index (κ3) is 5.47. The second-order valence-electron chi connectivity index (χ2n) is 7.97. The van der Waals surface area contributed by atoms with Crippen molar-refractivity contribution in [3.63, 3.8) is 0 Å². The second-order valence-corrected chi connectivity index (χ2v) is 8.78. The van der Waals surface area contributed by atoms with Crippen molar-refractivity contribution >= 4 is 57.3 Å². The molecule has 1 atom stereocenters. The first-order valence-electron chi connectivity index (χ1n) is 10.8. The van der Waals surface area contributed by atoms with Crippen LogP contribution in [0, 0.1) is 10.1 Å². The number of anilines is 1. The van der Waals surface area contributed by atoms with E-state index >= 15 is 0 Å². The van der Waals surface area contributed by atoms with E-state index in [2.05, 4.69) is 35.5 Å². The highest BCUT2D eigenvalue weighted by molar-refractivity contribution is 7.80. The van der Waals surface area contributed by atoms with Gasteiger partial charge in [0.1, 0.15) is 5.52 Å². The molecule has 0 fully saturated rings. The van der Waals surface area contributed by atoms with Gasteiger partial charge in [0, 0.05) is 23.4 Å². The number of nitrogens with zero attached hydrogens (tertiary/aromatic N) is 2. The van der Waals surface area contributed by atoms with E-state index in [9.17, 15) is 14.9 Å². The summed E-state index contributed by atoms with van der Waals surface area (Å²) in [7, 11) is 0. The lowest BCUT2D eigenvalue weighted by molar-refractivity contribution is -0.384. The molecule has 1 aromatic heterocycles. The standard InChI is InChI=1S/C25H21ClN4O4S/c1-3-14(2)15-7-10-22-21(12-15)28-24(34-22)16-5-4-6-17(11-16)27-25(35)29-23(31)19-9-8-18(30(32)33)13-20(19)26/h4-14H,3H2,1-2H3,(H2,27,29,31,35). The average Bonchev–Trinajstić information content (AvgIpc) is 3.27. The van der Waals surface area contributed by atoms with Crippen LogP contribution in [0.3, 0.4) is 0 Å². The lowest BCUT2D eigenvalue weighted by atomic mass is 9.98. The number of carbonyl (C=O) groups excluding carboxylic acids is 1. The summed E-state index contributed by atoms with van der Waals surface area (Å²) in [5, 5.41) is 16.3. The molecule has 0 radical (unpaired) electrons. The Morgan fingerprint density at radius 2 is 2.00 bits per heavy atom. The third-order valence-electron chi connectivity index (χ3n) is 5.60. The molecule has 0 saturated heterocycles. The smallest absolute Gasteiger partial charge is 0.270 e. The number of benzene rings is 3. The molecule has 0 spiro atoms. The summed E-state index contributed by atoms with van der Waals surface area (Å²) in [6, 6.07) is 16.9. The van der Waals surface area contributed by atoms with Crippen LogP contribution in [0.2, 0.25) is 5.02 Å². The monoisotopic (exact) mass is 508 g/mol. The zero-order valence-electron chi connectivity index (χ0n) is 18.9. The van der Waals surface area contributed by atoms with Crippen molar-refractivity contribution in [1.29, 1.82) is 0 Å².